The number of ether oxygens (including phenoxy) is 1. The van der Waals surface area contributed by atoms with E-state index in [-0.39, 0.29) is 19.8 Å². The van der Waals surface area contributed by atoms with Gasteiger partial charge in [0.15, 0.2) is 0 Å². The first-order valence-corrected chi connectivity index (χ1v) is 6.13. The molecule has 0 aromatic rings. The molecule has 0 heterocycles. The average molecular weight is 255 g/mol. The van der Waals surface area contributed by atoms with E-state index in [1.54, 1.807) is 0 Å². The Morgan fingerprint density at radius 1 is 1.28 bits per heavy atom. The summed E-state index contributed by atoms with van der Waals surface area (Å²) in [6.45, 7) is 9.07. The van der Waals surface area contributed by atoms with E-state index >= 15 is 0 Å². The number of nitrogens with zero attached hydrogens (tertiary/aromatic N) is 1. The average Bonchev–Trinajstić information content (AvgIpc) is 2.27. The molecule has 0 aliphatic rings. The van der Waals surface area contributed by atoms with Crippen molar-refractivity contribution in [3.05, 3.63) is 22.8 Å². The summed E-state index contributed by atoms with van der Waals surface area (Å²) >= 11 is 0. The Balaban J connectivity index is 4.05. The second-order valence-corrected chi connectivity index (χ2v) is 4.65. The molecule has 1 atom stereocenters. The zero-order valence-electron chi connectivity index (χ0n) is 11.8. The molecule has 4 heteroatoms. The molecule has 0 saturated heterocycles. The predicted octanol–water partition coefficient (Wildman–Crippen LogP) is 1.73. The number of hydrogen-bond donors (Lipinski definition) is 2. The highest BCUT2D eigenvalue weighted by Crippen LogP contribution is 2.09. The summed E-state index contributed by atoms with van der Waals surface area (Å²) in [5, 5.41) is 18.1. The first kappa shape index (κ1) is 17.0. The highest BCUT2D eigenvalue weighted by Gasteiger charge is 2.04. The first-order valence-electron chi connectivity index (χ1n) is 6.13. The van der Waals surface area contributed by atoms with Crippen molar-refractivity contribution in [3.63, 3.8) is 0 Å². The number of hydrogen-bond acceptors (Lipinski definition) is 4. The summed E-state index contributed by atoms with van der Waals surface area (Å²) in [6.07, 6.45) is 2.83. The highest BCUT2D eigenvalue weighted by molar-refractivity contribution is 5.57. The molecule has 0 aliphatic carbocycles. The van der Waals surface area contributed by atoms with Gasteiger partial charge in [0.1, 0.15) is 0 Å². The van der Waals surface area contributed by atoms with Crippen LogP contribution in [0.25, 0.3) is 0 Å². The van der Waals surface area contributed by atoms with Crippen molar-refractivity contribution in [2.24, 2.45) is 4.99 Å². The lowest BCUT2D eigenvalue weighted by Crippen LogP contribution is -2.19. The Hall–Kier alpha value is -0.970. The van der Waals surface area contributed by atoms with Gasteiger partial charge in [0.25, 0.3) is 0 Å². The lowest BCUT2D eigenvalue weighted by atomic mass is 10.1. The predicted molar refractivity (Wildman–Crippen MR) is 75.1 cm³/mol. The van der Waals surface area contributed by atoms with E-state index in [9.17, 15) is 5.11 Å². The van der Waals surface area contributed by atoms with Crippen molar-refractivity contribution in [3.8, 4) is 0 Å². The third-order valence-electron chi connectivity index (χ3n) is 2.20. The summed E-state index contributed by atoms with van der Waals surface area (Å²) in [7, 11) is 0. The molecular formula is C14H25NO3. The van der Waals surface area contributed by atoms with Gasteiger partial charge >= 0.3 is 0 Å². The van der Waals surface area contributed by atoms with Gasteiger partial charge in [0.05, 0.1) is 32.5 Å². The van der Waals surface area contributed by atoms with Gasteiger partial charge in [-0.25, -0.2) is 0 Å². The van der Waals surface area contributed by atoms with Crippen LogP contribution in [0.4, 0.5) is 0 Å². The van der Waals surface area contributed by atoms with Gasteiger partial charge in [0.2, 0.25) is 0 Å². The third-order valence-corrected chi connectivity index (χ3v) is 2.20. The van der Waals surface area contributed by atoms with Crippen LogP contribution in [0, 0.1) is 0 Å². The largest absolute Gasteiger partial charge is 0.391 e. The molecule has 0 bridgehead atoms. The Morgan fingerprint density at radius 3 is 2.44 bits per heavy atom. The maximum Gasteiger partial charge on any atom is 0.0968 e. The Morgan fingerprint density at radius 2 is 1.94 bits per heavy atom. The van der Waals surface area contributed by atoms with Gasteiger partial charge in [-0.3, -0.25) is 4.99 Å². The van der Waals surface area contributed by atoms with Crippen LogP contribution in [0.15, 0.2) is 27.8 Å². The van der Waals surface area contributed by atoms with E-state index in [0.29, 0.717) is 6.61 Å². The van der Waals surface area contributed by atoms with Crippen molar-refractivity contribution < 1.29 is 14.9 Å². The Kier molecular flexibility index (Phi) is 9.46. The van der Waals surface area contributed by atoms with Gasteiger partial charge in [-0.05, 0) is 33.3 Å². The van der Waals surface area contributed by atoms with Crippen LogP contribution in [-0.4, -0.2) is 48.9 Å². The zero-order valence-corrected chi connectivity index (χ0v) is 11.8. The molecule has 0 spiro atoms. The maximum atomic E-state index is 9.56. The molecule has 18 heavy (non-hydrogen) atoms. The van der Waals surface area contributed by atoms with Gasteiger partial charge in [-0.1, -0.05) is 17.2 Å². The molecular weight excluding hydrogens is 230 g/mol. The normalized spacial score (nSPS) is 12.6. The molecule has 0 aromatic carbocycles. The molecule has 0 amide bonds. The fourth-order valence-electron chi connectivity index (χ4n) is 1.29. The molecule has 1 unspecified atom stereocenters. The molecule has 0 aliphatic heterocycles. The van der Waals surface area contributed by atoms with Crippen LogP contribution in [0.5, 0.6) is 0 Å². The van der Waals surface area contributed by atoms with Crippen molar-refractivity contribution in [1.82, 2.24) is 0 Å². The molecule has 0 saturated carbocycles. The lowest BCUT2D eigenvalue weighted by Gasteiger charge is -2.11. The SMILES string of the molecule is CC(C)=CC(COCC(O)CN=CCO)=C(C)C. The Bertz CT molecular complexity index is 311. The topological polar surface area (TPSA) is 62.0 Å². The minimum atomic E-state index is -0.627. The number of aliphatic hydroxyl groups is 2. The van der Waals surface area contributed by atoms with Crippen LogP contribution in [0.3, 0.4) is 0 Å². The summed E-state index contributed by atoms with van der Waals surface area (Å²) in [6, 6.07) is 0. The number of rotatable bonds is 8. The Labute approximate surface area is 110 Å². The fourth-order valence-corrected chi connectivity index (χ4v) is 1.29. The monoisotopic (exact) mass is 255 g/mol. The quantitative estimate of drug-likeness (QED) is 0.513. The van der Waals surface area contributed by atoms with Crippen LogP contribution in [0.1, 0.15) is 27.7 Å². The van der Waals surface area contributed by atoms with Gasteiger partial charge in [-0.15, -0.1) is 0 Å². The number of allylic oxidation sites excluding steroid dienone is 2. The molecule has 0 rings (SSSR count). The summed E-state index contributed by atoms with van der Waals surface area (Å²) in [5.74, 6) is 0. The minimum absolute atomic E-state index is 0.101. The van der Waals surface area contributed by atoms with E-state index in [2.05, 4.69) is 11.1 Å². The van der Waals surface area contributed by atoms with Crippen LogP contribution in [0.2, 0.25) is 0 Å². The second-order valence-electron chi connectivity index (χ2n) is 4.65. The summed E-state index contributed by atoms with van der Waals surface area (Å²) in [5.41, 5.74) is 3.58. The molecule has 104 valence electrons. The minimum Gasteiger partial charge on any atom is -0.391 e. The van der Waals surface area contributed by atoms with E-state index in [1.165, 1.54) is 17.4 Å². The number of aliphatic imine (C=N–C) groups is 1. The number of aliphatic hydroxyl groups excluding tert-OH is 2. The van der Waals surface area contributed by atoms with Crippen LogP contribution < -0.4 is 0 Å². The van der Waals surface area contributed by atoms with E-state index < -0.39 is 6.10 Å². The van der Waals surface area contributed by atoms with Gasteiger partial charge in [-0.2, -0.15) is 0 Å². The van der Waals surface area contributed by atoms with Crippen molar-refractivity contribution in [2.75, 3.05) is 26.4 Å². The third kappa shape index (κ3) is 9.10. The molecule has 0 aromatic heterocycles. The van der Waals surface area contributed by atoms with E-state index in [1.807, 2.05) is 27.7 Å². The van der Waals surface area contributed by atoms with Crippen molar-refractivity contribution in [1.29, 1.82) is 0 Å². The smallest absolute Gasteiger partial charge is 0.0968 e. The lowest BCUT2D eigenvalue weighted by molar-refractivity contribution is 0.0524. The fraction of sp³-hybridized carbons (Fsp3) is 0.643. The maximum absolute atomic E-state index is 9.56. The standard InChI is InChI=1S/C14H25NO3/c1-11(2)7-13(12(3)4)9-18-10-14(17)8-15-5-6-16/h5,7,14,16-17H,6,8-10H2,1-4H3. The summed E-state index contributed by atoms with van der Waals surface area (Å²) in [4.78, 5) is 3.84. The van der Waals surface area contributed by atoms with Crippen molar-refractivity contribution >= 4 is 6.21 Å². The van der Waals surface area contributed by atoms with Gasteiger partial charge in [0, 0.05) is 6.21 Å². The molecule has 4 nitrogen and oxygen atoms in total. The molecule has 2 N–H and O–H groups in total. The van der Waals surface area contributed by atoms with Gasteiger partial charge < -0.3 is 14.9 Å². The van der Waals surface area contributed by atoms with Crippen LogP contribution in [-0.2, 0) is 4.74 Å². The summed E-state index contributed by atoms with van der Waals surface area (Å²) < 4.78 is 5.46. The first-order chi connectivity index (χ1) is 8.47. The van der Waals surface area contributed by atoms with Crippen LogP contribution >= 0.6 is 0 Å². The van der Waals surface area contributed by atoms with E-state index in [0.717, 1.165) is 5.57 Å². The molecule has 0 fully saturated rings. The van der Waals surface area contributed by atoms with Crippen molar-refractivity contribution in [2.45, 2.75) is 33.8 Å². The second kappa shape index (κ2) is 10.00. The highest BCUT2D eigenvalue weighted by atomic mass is 16.5. The zero-order chi connectivity index (χ0) is 14.0. The molecule has 0 radical (unpaired) electrons. The van der Waals surface area contributed by atoms with E-state index in [4.69, 9.17) is 9.84 Å².